The van der Waals surface area contributed by atoms with Crippen LogP contribution in [0, 0.1) is 20.8 Å². The van der Waals surface area contributed by atoms with E-state index in [2.05, 4.69) is 70.9 Å². The zero-order chi connectivity index (χ0) is 23.5. The lowest BCUT2D eigenvalue weighted by Crippen LogP contribution is -2.31. The first-order valence-corrected chi connectivity index (χ1v) is 11.6. The molecule has 172 valence electrons. The zero-order valence-corrected chi connectivity index (χ0v) is 20.4. The third-order valence-corrected chi connectivity index (χ3v) is 6.64. The van der Waals surface area contributed by atoms with Gasteiger partial charge in [-0.3, -0.25) is 9.78 Å². The monoisotopic (exact) mass is 462 g/mol. The highest BCUT2D eigenvalue weighted by molar-refractivity contribution is 7.80. The quantitative estimate of drug-likeness (QED) is 0.405. The second kappa shape index (κ2) is 9.75. The first-order valence-electron chi connectivity index (χ1n) is 11.2. The van der Waals surface area contributed by atoms with Crippen molar-refractivity contribution in [3.63, 3.8) is 0 Å². The van der Waals surface area contributed by atoms with Gasteiger partial charge in [0.15, 0.2) is 5.11 Å². The number of benzene rings is 1. The van der Waals surface area contributed by atoms with Crippen LogP contribution in [-0.2, 0) is 9.53 Å². The number of aromatic nitrogens is 2. The molecule has 0 bridgehead atoms. The number of methoxy groups -OCH3 is 1. The van der Waals surface area contributed by atoms with Gasteiger partial charge in [0, 0.05) is 36.2 Å². The van der Waals surface area contributed by atoms with Crippen molar-refractivity contribution in [2.75, 3.05) is 13.7 Å². The van der Waals surface area contributed by atoms with E-state index in [0.717, 1.165) is 11.4 Å². The lowest BCUT2D eigenvalue weighted by molar-refractivity contribution is -0.140. The van der Waals surface area contributed by atoms with Crippen molar-refractivity contribution in [2.45, 2.75) is 45.7 Å². The average molecular weight is 463 g/mol. The van der Waals surface area contributed by atoms with Crippen LogP contribution in [-0.4, -0.2) is 39.2 Å². The Morgan fingerprint density at radius 2 is 1.91 bits per heavy atom. The zero-order valence-electron chi connectivity index (χ0n) is 19.5. The summed E-state index contributed by atoms with van der Waals surface area (Å²) < 4.78 is 7.11. The second-order valence-electron chi connectivity index (χ2n) is 8.50. The number of carbonyl (C=O) groups is 1. The van der Waals surface area contributed by atoms with Crippen LogP contribution >= 0.6 is 12.2 Å². The Kier molecular flexibility index (Phi) is 6.79. The van der Waals surface area contributed by atoms with Gasteiger partial charge in [0.1, 0.15) is 0 Å². The first kappa shape index (κ1) is 23.0. The maximum atomic E-state index is 11.7. The van der Waals surface area contributed by atoms with Gasteiger partial charge in [-0.2, -0.15) is 0 Å². The molecule has 2 atom stereocenters. The van der Waals surface area contributed by atoms with E-state index in [4.69, 9.17) is 17.0 Å². The number of rotatable bonds is 7. The van der Waals surface area contributed by atoms with Crippen molar-refractivity contribution in [3.05, 3.63) is 82.9 Å². The Bertz CT molecular complexity index is 1140. The highest BCUT2D eigenvalue weighted by Gasteiger charge is 2.41. The first-order chi connectivity index (χ1) is 15.9. The molecule has 6 nitrogen and oxygen atoms in total. The number of aryl methyl sites for hydroxylation is 2. The summed E-state index contributed by atoms with van der Waals surface area (Å²) >= 11 is 5.76. The standard InChI is InChI=1S/C26H30N4O2S/c1-17-10-12-20(13-11-17)30-18(2)16-21(19(30)3)25-24(22-8-5-6-14-27-22)28-26(33)29(25)15-7-9-23(31)32-4/h5-6,8,10-14,16,24-25H,7,9,15H2,1-4H3,(H,28,33)/t24-,25-/m1/s1. The van der Waals surface area contributed by atoms with Gasteiger partial charge in [0.25, 0.3) is 0 Å². The summed E-state index contributed by atoms with van der Waals surface area (Å²) in [5.74, 6) is -0.205. The van der Waals surface area contributed by atoms with E-state index in [9.17, 15) is 4.79 Å². The summed E-state index contributed by atoms with van der Waals surface area (Å²) in [7, 11) is 1.42. The number of nitrogens with one attached hydrogen (secondary N) is 1. The summed E-state index contributed by atoms with van der Waals surface area (Å²) in [6.07, 6.45) is 2.84. The molecule has 4 rings (SSSR count). The van der Waals surface area contributed by atoms with Crippen LogP contribution in [0.4, 0.5) is 0 Å². The van der Waals surface area contributed by atoms with Crippen molar-refractivity contribution < 1.29 is 9.53 Å². The molecular weight excluding hydrogens is 432 g/mol. The molecule has 2 aromatic heterocycles. The normalized spacial score (nSPS) is 17.8. The number of hydrogen-bond acceptors (Lipinski definition) is 4. The topological polar surface area (TPSA) is 59.4 Å². The van der Waals surface area contributed by atoms with Crippen LogP contribution in [0.3, 0.4) is 0 Å². The second-order valence-corrected chi connectivity index (χ2v) is 8.88. The molecule has 0 saturated carbocycles. The van der Waals surface area contributed by atoms with Gasteiger partial charge in [0.05, 0.1) is 24.9 Å². The SMILES string of the molecule is COC(=O)CCCN1C(=S)N[C@H](c2ccccn2)[C@H]1c1cc(C)n(-c2ccc(C)cc2)c1C. The van der Waals surface area contributed by atoms with Gasteiger partial charge in [-0.15, -0.1) is 0 Å². The van der Waals surface area contributed by atoms with Gasteiger partial charge in [-0.05, 0) is 75.3 Å². The lowest BCUT2D eigenvalue weighted by atomic mass is 9.96. The Morgan fingerprint density at radius 3 is 2.58 bits per heavy atom. The van der Waals surface area contributed by atoms with E-state index in [1.165, 1.54) is 29.6 Å². The molecule has 1 saturated heterocycles. The average Bonchev–Trinajstić information content (AvgIpc) is 3.30. The summed E-state index contributed by atoms with van der Waals surface area (Å²) in [6, 6.07) is 16.7. The fourth-order valence-corrected chi connectivity index (χ4v) is 4.99. The van der Waals surface area contributed by atoms with Gasteiger partial charge >= 0.3 is 5.97 Å². The van der Waals surface area contributed by atoms with E-state index in [1.54, 1.807) is 0 Å². The van der Waals surface area contributed by atoms with Crippen LogP contribution in [0.15, 0.2) is 54.7 Å². The van der Waals surface area contributed by atoms with E-state index in [1.807, 2.05) is 24.4 Å². The molecule has 1 aliphatic rings. The van der Waals surface area contributed by atoms with Gasteiger partial charge in [-0.1, -0.05) is 23.8 Å². The Morgan fingerprint density at radius 1 is 1.15 bits per heavy atom. The maximum absolute atomic E-state index is 11.7. The van der Waals surface area contributed by atoms with Crippen molar-refractivity contribution >= 4 is 23.3 Å². The Hall–Kier alpha value is -3.19. The summed E-state index contributed by atoms with van der Waals surface area (Å²) in [6.45, 7) is 7.04. The van der Waals surface area contributed by atoms with Crippen LogP contribution < -0.4 is 5.32 Å². The van der Waals surface area contributed by atoms with E-state index in [0.29, 0.717) is 24.5 Å². The Balaban J connectivity index is 1.74. The van der Waals surface area contributed by atoms with E-state index < -0.39 is 0 Å². The molecule has 3 aromatic rings. The number of carbonyl (C=O) groups excluding carboxylic acids is 1. The number of pyridine rings is 1. The minimum atomic E-state index is -0.205. The van der Waals surface area contributed by atoms with E-state index >= 15 is 0 Å². The fraction of sp³-hybridized carbons (Fsp3) is 0.346. The molecule has 1 fully saturated rings. The molecule has 3 heterocycles. The lowest BCUT2D eigenvalue weighted by Gasteiger charge is -2.28. The van der Waals surface area contributed by atoms with Crippen LogP contribution in [0.25, 0.3) is 5.69 Å². The smallest absolute Gasteiger partial charge is 0.305 e. The van der Waals surface area contributed by atoms with Crippen LogP contribution in [0.1, 0.15) is 53.1 Å². The molecule has 1 N–H and O–H groups in total. The molecule has 0 unspecified atom stereocenters. The summed E-state index contributed by atoms with van der Waals surface area (Å²) in [5, 5.41) is 4.17. The van der Waals surface area contributed by atoms with Crippen molar-refractivity contribution in [2.24, 2.45) is 0 Å². The fourth-order valence-electron chi connectivity index (χ4n) is 4.66. The molecule has 33 heavy (non-hydrogen) atoms. The molecule has 0 aliphatic carbocycles. The van der Waals surface area contributed by atoms with Crippen LogP contribution in [0.2, 0.25) is 0 Å². The number of ether oxygens (including phenoxy) is 1. The molecule has 1 aromatic carbocycles. The minimum Gasteiger partial charge on any atom is -0.469 e. The summed E-state index contributed by atoms with van der Waals surface area (Å²) in [5.41, 5.74) is 6.86. The molecule has 0 radical (unpaired) electrons. The van der Waals surface area contributed by atoms with Gasteiger partial charge in [-0.25, -0.2) is 0 Å². The van der Waals surface area contributed by atoms with Crippen LogP contribution in [0.5, 0.6) is 0 Å². The maximum Gasteiger partial charge on any atom is 0.305 e. The third kappa shape index (κ3) is 4.64. The van der Waals surface area contributed by atoms with Gasteiger partial charge in [0.2, 0.25) is 0 Å². The molecule has 1 aliphatic heterocycles. The van der Waals surface area contributed by atoms with Crippen molar-refractivity contribution in [1.82, 2.24) is 19.8 Å². The number of esters is 1. The molecule has 0 spiro atoms. The predicted octanol–water partition coefficient (Wildman–Crippen LogP) is 4.72. The highest BCUT2D eigenvalue weighted by atomic mass is 32.1. The Labute approximate surface area is 200 Å². The molecule has 7 heteroatoms. The predicted molar refractivity (Wildman–Crippen MR) is 133 cm³/mol. The van der Waals surface area contributed by atoms with Crippen molar-refractivity contribution in [1.29, 1.82) is 0 Å². The number of hydrogen-bond donors (Lipinski definition) is 1. The number of nitrogens with zero attached hydrogens (tertiary/aromatic N) is 3. The molecule has 0 amide bonds. The molecular formula is C26H30N4O2S. The number of thiocarbonyl (C=S) groups is 1. The minimum absolute atomic E-state index is 0.0320. The highest BCUT2D eigenvalue weighted by Crippen LogP contribution is 2.41. The summed E-state index contributed by atoms with van der Waals surface area (Å²) in [4.78, 5) is 18.5. The van der Waals surface area contributed by atoms with E-state index in [-0.39, 0.29) is 18.1 Å². The van der Waals surface area contributed by atoms with Crippen molar-refractivity contribution in [3.8, 4) is 5.69 Å². The largest absolute Gasteiger partial charge is 0.469 e. The third-order valence-electron chi connectivity index (χ3n) is 6.29. The van der Waals surface area contributed by atoms with Gasteiger partial charge < -0.3 is 19.5 Å².